The van der Waals surface area contributed by atoms with E-state index in [2.05, 4.69) is 10.3 Å². The van der Waals surface area contributed by atoms with Gasteiger partial charge in [-0.3, -0.25) is 4.79 Å². The molecule has 1 amide bonds. The molecule has 0 unspecified atom stereocenters. The number of fused-ring (bicyclic) bond motifs is 1. The first-order valence-electron chi connectivity index (χ1n) is 8.41. The monoisotopic (exact) mass is 406 g/mol. The second-order valence-electron chi connectivity index (χ2n) is 6.65. The minimum absolute atomic E-state index is 0.00948. The third-order valence-electron chi connectivity index (χ3n) is 3.78. The quantitative estimate of drug-likeness (QED) is 0.670. The van der Waals surface area contributed by atoms with Crippen LogP contribution < -0.4 is 5.32 Å². The van der Waals surface area contributed by atoms with E-state index in [1.807, 2.05) is 13.8 Å². The number of anilines is 1. The minimum atomic E-state index is -3.42. The van der Waals surface area contributed by atoms with Crippen LogP contribution in [0.25, 0.3) is 10.2 Å². The van der Waals surface area contributed by atoms with Crippen LogP contribution >= 0.6 is 11.3 Å². The van der Waals surface area contributed by atoms with Gasteiger partial charge in [0.1, 0.15) is 5.82 Å². The molecule has 0 aliphatic heterocycles. The number of aromatic nitrogens is 1. The molecule has 0 fully saturated rings. The molecule has 0 saturated heterocycles. The van der Waals surface area contributed by atoms with Gasteiger partial charge < -0.3 is 5.32 Å². The molecule has 0 atom stereocenters. The normalized spacial score (nSPS) is 11.9. The zero-order valence-corrected chi connectivity index (χ0v) is 16.5. The van der Waals surface area contributed by atoms with E-state index in [1.54, 1.807) is 36.4 Å². The molecule has 0 aliphatic rings. The lowest BCUT2D eigenvalue weighted by atomic mass is 10.1. The number of rotatable bonds is 6. The largest absolute Gasteiger partial charge is 0.326 e. The second kappa shape index (κ2) is 7.74. The van der Waals surface area contributed by atoms with Crippen molar-refractivity contribution in [3.05, 3.63) is 53.8 Å². The van der Waals surface area contributed by atoms with E-state index >= 15 is 0 Å². The van der Waals surface area contributed by atoms with Crippen molar-refractivity contribution in [1.82, 2.24) is 4.98 Å². The van der Waals surface area contributed by atoms with Crippen molar-refractivity contribution in [3.63, 3.8) is 0 Å². The Labute approximate surface area is 161 Å². The molecule has 8 heteroatoms. The number of benzene rings is 2. The first kappa shape index (κ1) is 19.4. The second-order valence-corrected chi connectivity index (χ2v) is 9.89. The highest BCUT2D eigenvalue weighted by Crippen LogP contribution is 2.29. The summed E-state index contributed by atoms with van der Waals surface area (Å²) in [6.45, 7) is 3.68. The maximum atomic E-state index is 13.7. The van der Waals surface area contributed by atoms with E-state index in [-0.39, 0.29) is 28.3 Å². The maximum absolute atomic E-state index is 13.7. The molecule has 0 aliphatic carbocycles. The minimum Gasteiger partial charge on any atom is -0.326 e. The predicted octanol–water partition coefficient (Wildman–Crippen LogP) is 4.05. The van der Waals surface area contributed by atoms with Crippen molar-refractivity contribution in [2.24, 2.45) is 5.92 Å². The van der Waals surface area contributed by atoms with E-state index in [1.165, 1.54) is 6.07 Å². The Morgan fingerprint density at radius 3 is 2.67 bits per heavy atom. The van der Waals surface area contributed by atoms with Crippen LogP contribution in [0.2, 0.25) is 0 Å². The summed E-state index contributed by atoms with van der Waals surface area (Å²) >= 11 is 1.08. The number of hydrogen-bond acceptors (Lipinski definition) is 5. The number of sulfone groups is 1. The molecular weight excluding hydrogens is 387 g/mol. The van der Waals surface area contributed by atoms with Gasteiger partial charge in [0.05, 0.1) is 22.4 Å². The van der Waals surface area contributed by atoms with Gasteiger partial charge in [-0.05, 0) is 35.7 Å². The fraction of sp³-hybridized carbons (Fsp3) is 0.263. The number of thiazole rings is 1. The van der Waals surface area contributed by atoms with Gasteiger partial charge in [-0.2, -0.15) is 0 Å². The van der Waals surface area contributed by atoms with Gasteiger partial charge in [-0.25, -0.2) is 17.8 Å². The molecule has 0 bridgehead atoms. The Morgan fingerprint density at radius 2 is 1.96 bits per heavy atom. The third-order valence-corrected chi connectivity index (χ3v) is 7.33. The summed E-state index contributed by atoms with van der Waals surface area (Å²) in [7, 11) is -3.42. The predicted molar refractivity (Wildman–Crippen MR) is 105 cm³/mol. The van der Waals surface area contributed by atoms with Crippen molar-refractivity contribution < 1.29 is 17.6 Å². The molecule has 0 spiro atoms. The summed E-state index contributed by atoms with van der Waals surface area (Å²) in [4.78, 5) is 16.4. The van der Waals surface area contributed by atoms with Crippen LogP contribution in [0.5, 0.6) is 0 Å². The SMILES string of the molecule is CC(C)CS(=O)(=O)c1nc2ccc(NC(=O)Cc3ccccc3F)cc2s1. The summed E-state index contributed by atoms with van der Waals surface area (Å²) in [5, 5.41) is 2.71. The number of halogens is 1. The van der Waals surface area contributed by atoms with Gasteiger partial charge in [0.25, 0.3) is 0 Å². The number of carbonyl (C=O) groups is 1. The number of hydrogen-bond donors (Lipinski definition) is 1. The van der Waals surface area contributed by atoms with Gasteiger partial charge in [0.15, 0.2) is 0 Å². The van der Waals surface area contributed by atoms with Crippen LogP contribution in [-0.4, -0.2) is 25.1 Å². The van der Waals surface area contributed by atoms with E-state index < -0.39 is 15.7 Å². The zero-order chi connectivity index (χ0) is 19.6. The highest BCUT2D eigenvalue weighted by molar-refractivity contribution is 7.93. The summed E-state index contributed by atoms with van der Waals surface area (Å²) in [5.41, 5.74) is 1.39. The molecule has 2 aromatic carbocycles. The Balaban J connectivity index is 1.78. The summed E-state index contributed by atoms with van der Waals surface area (Å²) < 4.78 is 39.1. The molecule has 1 aromatic heterocycles. The van der Waals surface area contributed by atoms with Crippen LogP contribution in [0.1, 0.15) is 19.4 Å². The van der Waals surface area contributed by atoms with E-state index in [0.29, 0.717) is 21.5 Å². The van der Waals surface area contributed by atoms with Crippen molar-refractivity contribution >= 4 is 43.0 Å². The number of amides is 1. The Hall–Kier alpha value is -2.32. The van der Waals surface area contributed by atoms with E-state index in [9.17, 15) is 17.6 Å². The molecule has 142 valence electrons. The van der Waals surface area contributed by atoms with Gasteiger partial charge in [-0.1, -0.05) is 32.0 Å². The molecule has 3 rings (SSSR count). The molecule has 5 nitrogen and oxygen atoms in total. The maximum Gasteiger partial charge on any atom is 0.228 e. The van der Waals surface area contributed by atoms with Gasteiger partial charge >= 0.3 is 0 Å². The Kier molecular flexibility index (Phi) is 5.57. The highest BCUT2D eigenvalue weighted by atomic mass is 32.2. The number of carbonyl (C=O) groups excluding carboxylic acids is 1. The molecular formula is C19H19FN2O3S2. The summed E-state index contributed by atoms with van der Waals surface area (Å²) in [6, 6.07) is 11.1. The lowest BCUT2D eigenvalue weighted by Gasteiger charge is -2.06. The van der Waals surface area contributed by atoms with Gasteiger partial charge in [0, 0.05) is 5.69 Å². The van der Waals surface area contributed by atoms with Gasteiger partial charge in [0.2, 0.25) is 20.1 Å². The fourth-order valence-electron chi connectivity index (χ4n) is 2.64. The van der Waals surface area contributed by atoms with Crippen molar-refractivity contribution in [1.29, 1.82) is 0 Å². The van der Waals surface area contributed by atoms with Crippen LogP contribution in [0.15, 0.2) is 46.8 Å². The number of nitrogens with zero attached hydrogens (tertiary/aromatic N) is 1. The standard InChI is InChI=1S/C19H19FN2O3S2/c1-12(2)11-27(24,25)19-22-16-8-7-14(10-17(16)26-19)21-18(23)9-13-5-3-4-6-15(13)20/h3-8,10,12H,9,11H2,1-2H3,(H,21,23). The number of nitrogens with one attached hydrogen (secondary N) is 1. The topological polar surface area (TPSA) is 76.1 Å². The Bertz CT molecular complexity index is 1090. The molecule has 3 aromatic rings. The van der Waals surface area contributed by atoms with Crippen molar-refractivity contribution in [3.8, 4) is 0 Å². The molecule has 0 saturated carbocycles. The van der Waals surface area contributed by atoms with Gasteiger partial charge in [-0.15, -0.1) is 11.3 Å². The van der Waals surface area contributed by atoms with Crippen molar-refractivity contribution in [2.75, 3.05) is 11.1 Å². The van der Waals surface area contributed by atoms with Crippen LogP contribution in [-0.2, 0) is 21.1 Å². The smallest absolute Gasteiger partial charge is 0.228 e. The van der Waals surface area contributed by atoms with Crippen molar-refractivity contribution in [2.45, 2.75) is 24.6 Å². The summed E-state index contributed by atoms with van der Waals surface area (Å²) in [6.07, 6.45) is -0.0819. The lowest BCUT2D eigenvalue weighted by Crippen LogP contribution is -2.15. The van der Waals surface area contributed by atoms with E-state index in [0.717, 1.165) is 11.3 Å². The van der Waals surface area contributed by atoms with Crippen LogP contribution in [0.4, 0.5) is 10.1 Å². The average molecular weight is 407 g/mol. The third kappa shape index (κ3) is 4.70. The molecule has 27 heavy (non-hydrogen) atoms. The Morgan fingerprint density at radius 1 is 1.22 bits per heavy atom. The van der Waals surface area contributed by atoms with E-state index in [4.69, 9.17) is 0 Å². The van der Waals surface area contributed by atoms with Crippen LogP contribution in [0.3, 0.4) is 0 Å². The lowest BCUT2D eigenvalue weighted by molar-refractivity contribution is -0.115. The van der Waals surface area contributed by atoms with Crippen LogP contribution in [0, 0.1) is 11.7 Å². The molecule has 0 radical (unpaired) electrons. The average Bonchev–Trinajstić information content (AvgIpc) is 3.00. The fourth-order valence-corrected chi connectivity index (χ4v) is 5.62. The zero-order valence-electron chi connectivity index (χ0n) is 14.9. The highest BCUT2D eigenvalue weighted by Gasteiger charge is 2.21. The summed E-state index contributed by atoms with van der Waals surface area (Å²) in [5.74, 6) is -0.726. The molecule has 1 heterocycles. The molecule has 1 N–H and O–H groups in total. The first-order chi connectivity index (χ1) is 12.7. The first-order valence-corrected chi connectivity index (χ1v) is 10.9.